The van der Waals surface area contributed by atoms with Gasteiger partial charge >= 0.3 is 0 Å². The van der Waals surface area contributed by atoms with Crippen molar-refractivity contribution in [2.24, 2.45) is 0 Å². The van der Waals surface area contributed by atoms with E-state index in [1.807, 2.05) is 49.4 Å². The third-order valence-electron chi connectivity index (χ3n) is 6.27. The van der Waals surface area contributed by atoms with Crippen molar-refractivity contribution in [1.29, 1.82) is 0 Å². The summed E-state index contributed by atoms with van der Waals surface area (Å²) in [4.78, 5) is 39.6. The maximum absolute atomic E-state index is 13.1. The first-order chi connectivity index (χ1) is 20.4. The maximum Gasteiger partial charge on any atom is 0.293 e. The van der Waals surface area contributed by atoms with Crippen molar-refractivity contribution in [1.82, 2.24) is 4.90 Å². The number of thioether (sulfide) groups is 1. The van der Waals surface area contributed by atoms with Crippen LogP contribution in [-0.2, 0) is 9.59 Å². The van der Waals surface area contributed by atoms with Crippen LogP contribution in [0.2, 0.25) is 5.02 Å². The van der Waals surface area contributed by atoms with Gasteiger partial charge in [-0.15, -0.1) is 0 Å². The maximum atomic E-state index is 13.1. The molecule has 0 spiro atoms. The summed E-state index contributed by atoms with van der Waals surface area (Å²) >= 11 is 6.97. The first kappa shape index (κ1) is 29.0. The zero-order valence-corrected chi connectivity index (χ0v) is 24.2. The average molecular weight is 603 g/mol. The number of ether oxygens (including phenoxy) is 3. The van der Waals surface area contributed by atoms with Crippen molar-refractivity contribution >= 4 is 63.0 Å². The van der Waals surface area contributed by atoms with Gasteiger partial charge < -0.3 is 19.5 Å². The lowest BCUT2D eigenvalue weighted by Crippen LogP contribution is -2.32. The van der Waals surface area contributed by atoms with Gasteiger partial charge in [0.15, 0.2) is 18.1 Å². The number of carbonyl (C=O) groups is 3. The standard InChI is InChI=1S/C32H27ClN2O6S/c1-2-39-28-18-21(14-15-27(28)41-20-30(36)34-25-12-6-5-11-24(25)33)19-29-31(37)35(32(38)42-29)16-17-40-26-13-7-9-22-8-3-4-10-23(22)26/h3-15,18-19H,2,16-17,20H2,1H3,(H,34,36)/b29-19-. The van der Waals surface area contributed by atoms with E-state index in [2.05, 4.69) is 5.32 Å². The van der Waals surface area contributed by atoms with Crippen molar-refractivity contribution in [3.8, 4) is 17.2 Å². The van der Waals surface area contributed by atoms with E-state index in [4.69, 9.17) is 25.8 Å². The predicted molar refractivity (Wildman–Crippen MR) is 165 cm³/mol. The summed E-state index contributed by atoms with van der Waals surface area (Å²) in [7, 11) is 0. The Kier molecular flexibility index (Phi) is 9.31. The Labute approximate surface area is 252 Å². The molecular weight excluding hydrogens is 576 g/mol. The Morgan fingerprint density at radius 3 is 2.52 bits per heavy atom. The van der Waals surface area contributed by atoms with Crippen LogP contribution in [-0.4, -0.2) is 48.3 Å². The molecule has 8 nitrogen and oxygen atoms in total. The van der Waals surface area contributed by atoms with Gasteiger partial charge in [0.05, 0.1) is 28.8 Å². The van der Waals surface area contributed by atoms with Crippen LogP contribution in [0.15, 0.2) is 89.8 Å². The third kappa shape index (κ3) is 6.87. The Morgan fingerprint density at radius 1 is 0.905 bits per heavy atom. The van der Waals surface area contributed by atoms with E-state index >= 15 is 0 Å². The highest BCUT2D eigenvalue weighted by atomic mass is 35.5. The Morgan fingerprint density at radius 2 is 1.69 bits per heavy atom. The van der Waals surface area contributed by atoms with Crippen LogP contribution in [0.3, 0.4) is 0 Å². The minimum Gasteiger partial charge on any atom is -0.491 e. The van der Waals surface area contributed by atoms with Crippen LogP contribution < -0.4 is 19.5 Å². The minimum atomic E-state index is -0.388. The average Bonchev–Trinajstić information content (AvgIpc) is 3.25. The molecule has 4 aromatic carbocycles. The smallest absolute Gasteiger partial charge is 0.293 e. The number of carbonyl (C=O) groups excluding carboxylic acids is 3. The fraction of sp³-hybridized carbons (Fsp3) is 0.156. The molecule has 42 heavy (non-hydrogen) atoms. The number of imide groups is 1. The van der Waals surface area contributed by atoms with Crippen LogP contribution in [0.5, 0.6) is 17.2 Å². The quantitative estimate of drug-likeness (QED) is 0.184. The van der Waals surface area contributed by atoms with E-state index in [1.54, 1.807) is 48.5 Å². The lowest BCUT2D eigenvalue weighted by atomic mass is 10.1. The summed E-state index contributed by atoms with van der Waals surface area (Å²) in [5.74, 6) is 0.693. The molecule has 1 N–H and O–H groups in total. The molecule has 10 heteroatoms. The van der Waals surface area contributed by atoms with Crippen LogP contribution in [0, 0.1) is 0 Å². The molecule has 1 aliphatic rings. The number of anilines is 1. The molecule has 4 aromatic rings. The molecule has 3 amide bonds. The number of halogens is 1. The van der Waals surface area contributed by atoms with Crippen LogP contribution >= 0.6 is 23.4 Å². The molecule has 0 atom stereocenters. The van der Waals surface area contributed by atoms with E-state index in [0.29, 0.717) is 45.0 Å². The first-order valence-electron chi connectivity index (χ1n) is 13.2. The summed E-state index contributed by atoms with van der Waals surface area (Å²) in [6, 6.07) is 25.6. The Hall–Kier alpha value is -4.47. The summed E-state index contributed by atoms with van der Waals surface area (Å²) in [6.07, 6.45) is 1.63. The van der Waals surface area contributed by atoms with Gasteiger partial charge in [-0.3, -0.25) is 19.3 Å². The number of benzene rings is 4. The van der Waals surface area contributed by atoms with Gasteiger partial charge in [0.2, 0.25) is 0 Å². The summed E-state index contributed by atoms with van der Waals surface area (Å²) in [5.41, 5.74) is 1.13. The van der Waals surface area contributed by atoms with Crippen molar-refractivity contribution in [2.45, 2.75) is 6.92 Å². The molecule has 0 aromatic heterocycles. The summed E-state index contributed by atoms with van der Waals surface area (Å²) < 4.78 is 17.3. The topological polar surface area (TPSA) is 94.2 Å². The highest BCUT2D eigenvalue weighted by Gasteiger charge is 2.35. The fourth-order valence-corrected chi connectivity index (χ4v) is 5.35. The van der Waals surface area contributed by atoms with Crippen LogP contribution in [0.1, 0.15) is 12.5 Å². The number of nitrogens with zero attached hydrogens (tertiary/aromatic N) is 1. The van der Waals surface area contributed by atoms with Gasteiger partial charge in [0.25, 0.3) is 17.1 Å². The van der Waals surface area contributed by atoms with E-state index in [-0.39, 0.29) is 36.8 Å². The molecule has 1 fully saturated rings. The molecule has 0 aliphatic carbocycles. The number of amides is 3. The zero-order valence-electron chi connectivity index (χ0n) is 22.7. The van der Waals surface area contributed by atoms with E-state index in [0.717, 1.165) is 22.5 Å². The van der Waals surface area contributed by atoms with Crippen molar-refractivity contribution in [3.63, 3.8) is 0 Å². The highest BCUT2D eigenvalue weighted by Crippen LogP contribution is 2.35. The first-order valence-corrected chi connectivity index (χ1v) is 14.4. The van der Waals surface area contributed by atoms with Gasteiger partial charge in [-0.1, -0.05) is 66.2 Å². The van der Waals surface area contributed by atoms with Crippen LogP contribution in [0.4, 0.5) is 10.5 Å². The molecule has 214 valence electrons. The third-order valence-corrected chi connectivity index (χ3v) is 7.50. The molecule has 0 saturated carbocycles. The van der Waals surface area contributed by atoms with E-state index in [9.17, 15) is 14.4 Å². The van der Waals surface area contributed by atoms with Crippen molar-refractivity contribution in [2.75, 3.05) is 31.7 Å². The van der Waals surface area contributed by atoms with Crippen molar-refractivity contribution in [3.05, 3.63) is 100 Å². The SMILES string of the molecule is CCOc1cc(/C=C2\SC(=O)N(CCOc3cccc4ccccc34)C2=O)ccc1OCC(=O)Nc1ccccc1Cl. The lowest BCUT2D eigenvalue weighted by molar-refractivity contribution is -0.123. The van der Waals surface area contributed by atoms with Gasteiger partial charge in [-0.2, -0.15) is 0 Å². The molecule has 0 radical (unpaired) electrons. The molecule has 0 bridgehead atoms. The predicted octanol–water partition coefficient (Wildman–Crippen LogP) is 7.02. The summed E-state index contributed by atoms with van der Waals surface area (Å²) in [5, 5.41) is 4.78. The molecule has 0 unspecified atom stereocenters. The second-order valence-electron chi connectivity index (χ2n) is 9.11. The number of hydrogen-bond acceptors (Lipinski definition) is 7. The number of para-hydroxylation sites is 1. The van der Waals surface area contributed by atoms with Crippen molar-refractivity contribution < 1.29 is 28.6 Å². The van der Waals surface area contributed by atoms with Gasteiger partial charge in [-0.05, 0) is 66.0 Å². The second kappa shape index (κ2) is 13.5. The Balaban J connectivity index is 1.21. The second-order valence-corrected chi connectivity index (χ2v) is 10.5. The monoisotopic (exact) mass is 602 g/mol. The normalized spacial score (nSPS) is 14.0. The number of rotatable bonds is 11. The molecule has 1 saturated heterocycles. The molecule has 1 aliphatic heterocycles. The van der Waals surface area contributed by atoms with E-state index in [1.165, 1.54) is 4.90 Å². The Bertz CT molecular complexity index is 1670. The number of nitrogens with one attached hydrogen (secondary N) is 1. The van der Waals surface area contributed by atoms with E-state index < -0.39 is 0 Å². The molecular formula is C32H27ClN2O6S. The van der Waals surface area contributed by atoms with Gasteiger partial charge in [0, 0.05) is 5.39 Å². The number of hydrogen-bond donors (Lipinski definition) is 1. The fourth-order valence-electron chi connectivity index (χ4n) is 4.31. The van der Waals surface area contributed by atoms with Gasteiger partial charge in [0.1, 0.15) is 12.4 Å². The van der Waals surface area contributed by atoms with Gasteiger partial charge in [-0.25, -0.2) is 0 Å². The minimum absolute atomic E-state index is 0.123. The molecule has 5 rings (SSSR count). The lowest BCUT2D eigenvalue weighted by Gasteiger charge is -2.14. The van der Waals surface area contributed by atoms with Crippen LogP contribution in [0.25, 0.3) is 16.8 Å². The number of fused-ring (bicyclic) bond motifs is 1. The zero-order chi connectivity index (χ0) is 29.5. The largest absolute Gasteiger partial charge is 0.491 e. The highest BCUT2D eigenvalue weighted by molar-refractivity contribution is 8.18. The summed E-state index contributed by atoms with van der Waals surface area (Å²) in [6.45, 7) is 2.22. The molecule has 1 heterocycles.